The zero-order valence-electron chi connectivity index (χ0n) is 3.24. The average molecular weight is 118 g/mol. The third-order valence-corrected chi connectivity index (χ3v) is 0.812. The summed E-state index contributed by atoms with van der Waals surface area (Å²) in [7, 11) is 0. The van der Waals surface area contributed by atoms with Crippen molar-refractivity contribution < 1.29 is 9.63 Å². The van der Waals surface area contributed by atoms with Crippen molar-refractivity contribution in [3.05, 3.63) is 0 Å². The topological polar surface area (TPSA) is 51.0 Å². The van der Waals surface area contributed by atoms with E-state index in [1.54, 1.807) is 0 Å². The maximum atomic E-state index is 10.1. The van der Waals surface area contributed by atoms with E-state index < -0.39 is 11.3 Å². The van der Waals surface area contributed by atoms with Gasteiger partial charge in [0.2, 0.25) is 5.37 Å². The van der Waals surface area contributed by atoms with Gasteiger partial charge in [-0.05, 0) is 0 Å². The Morgan fingerprint density at radius 3 is 2.71 bits per heavy atom. The number of thiol groups is 1. The molecule has 0 fully saturated rings. The molecule has 0 spiro atoms. The lowest BCUT2D eigenvalue weighted by Gasteiger charge is -1.82. The number of carbonyl (C=O) groups is 1. The highest BCUT2D eigenvalue weighted by molar-refractivity contribution is 7.81. The molecule has 1 heterocycles. The van der Waals surface area contributed by atoms with Gasteiger partial charge in [0.05, 0.1) is 0 Å². The molecule has 1 rings (SSSR count). The Hall–Kier alpha value is -0.580. The van der Waals surface area contributed by atoms with Crippen LogP contribution < -0.4 is 0 Å². The second kappa shape index (κ2) is 1.49. The molecule has 0 aromatic heterocycles. The van der Waals surface area contributed by atoms with Gasteiger partial charge in [-0.15, -0.1) is 17.7 Å². The van der Waals surface area contributed by atoms with E-state index in [0.717, 1.165) is 0 Å². The van der Waals surface area contributed by atoms with Gasteiger partial charge in [0.15, 0.2) is 0 Å². The summed E-state index contributed by atoms with van der Waals surface area (Å²) < 4.78 is 0. The molecular formula is C2H2N2O2S. The lowest BCUT2D eigenvalue weighted by molar-refractivity contribution is -0.139. The molecule has 0 amide bonds. The summed E-state index contributed by atoms with van der Waals surface area (Å²) in [6.07, 6.45) is 0. The summed E-state index contributed by atoms with van der Waals surface area (Å²) in [6.45, 7) is 0. The van der Waals surface area contributed by atoms with E-state index in [1.165, 1.54) is 0 Å². The van der Waals surface area contributed by atoms with Crippen molar-refractivity contribution in [2.24, 2.45) is 10.4 Å². The number of rotatable bonds is 0. The van der Waals surface area contributed by atoms with Gasteiger partial charge in [-0.25, -0.2) is 4.79 Å². The molecule has 38 valence electrons. The molecule has 5 heteroatoms. The van der Waals surface area contributed by atoms with Gasteiger partial charge in [0, 0.05) is 5.28 Å². The van der Waals surface area contributed by atoms with Crippen LogP contribution in [0, 0.1) is 0 Å². The van der Waals surface area contributed by atoms with E-state index in [1.807, 2.05) is 0 Å². The smallest absolute Gasteiger partial charge is 0.297 e. The van der Waals surface area contributed by atoms with Crippen LogP contribution in [0.1, 0.15) is 0 Å². The minimum Gasteiger partial charge on any atom is -0.297 e. The summed E-state index contributed by atoms with van der Waals surface area (Å²) in [5.74, 6) is -0.511. The number of carbonyl (C=O) groups excluding carboxylic acids is 1. The first-order valence-electron chi connectivity index (χ1n) is 1.60. The second-order valence-electron chi connectivity index (χ2n) is 0.981. The van der Waals surface area contributed by atoms with Crippen LogP contribution in [0.5, 0.6) is 0 Å². The van der Waals surface area contributed by atoms with E-state index in [0.29, 0.717) is 0 Å². The first-order chi connectivity index (χ1) is 3.30. The predicted molar refractivity (Wildman–Crippen MR) is 23.7 cm³/mol. The molecule has 0 saturated heterocycles. The fourth-order valence-corrected chi connectivity index (χ4v) is 0.292. The van der Waals surface area contributed by atoms with Crippen LogP contribution in [-0.4, -0.2) is 11.3 Å². The zero-order chi connectivity index (χ0) is 5.28. The lowest BCUT2D eigenvalue weighted by Crippen LogP contribution is -2.05. The highest BCUT2D eigenvalue weighted by atomic mass is 32.1. The van der Waals surface area contributed by atoms with Gasteiger partial charge in [-0.1, -0.05) is 0 Å². The van der Waals surface area contributed by atoms with Crippen molar-refractivity contribution in [3.8, 4) is 0 Å². The summed E-state index contributed by atoms with van der Waals surface area (Å²) >= 11 is 3.65. The molecule has 4 nitrogen and oxygen atoms in total. The van der Waals surface area contributed by atoms with Crippen molar-refractivity contribution in [1.29, 1.82) is 0 Å². The van der Waals surface area contributed by atoms with E-state index >= 15 is 0 Å². The summed E-state index contributed by atoms with van der Waals surface area (Å²) in [5, 5.41) is 5.48. The van der Waals surface area contributed by atoms with Crippen LogP contribution in [0.3, 0.4) is 0 Å². The fourth-order valence-electron chi connectivity index (χ4n) is 0.203. The molecular weight excluding hydrogens is 116 g/mol. The van der Waals surface area contributed by atoms with Gasteiger partial charge >= 0.3 is 5.97 Å². The zero-order valence-corrected chi connectivity index (χ0v) is 4.13. The standard InChI is InChI=1S/C2H2N2O2S/c5-2-1(7)3-4-6-2/h1,7H. The lowest BCUT2D eigenvalue weighted by atomic mass is 10.7. The Labute approximate surface area is 44.9 Å². The number of hydrogen-bond donors (Lipinski definition) is 1. The van der Waals surface area contributed by atoms with E-state index in [4.69, 9.17) is 0 Å². The molecule has 0 aromatic rings. The number of nitrogens with zero attached hydrogens (tertiary/aromatic N) is 2. The average Bonchev–Trinajstić information content (AvgIpc) is 1.91. The Balaban J connectivity index is 2.62. The largest absolute Gasteiger partial charge is 0.373 e. The molecule has 0 aromatic carbocycles. The third-order valence-electron chi connectivity index (χ3n) is 0.498. The van der Waals surface area contributed by atoms with Crippen LogP contribution >= 0.6 is 12.6 Å². The Bertz CT molecular complexity index is 123. The van der Waals surface area contributed by atoms with Gasteiger partial charge in [0.1, 0.15) is 0 Å². The van der Waals surface area contributed by atoms with Crippen LogP contribution in [0.15, 0.2) is 10.4 Å². The minimum atomic E-state index is -0.694. The highest BCUT2D eigenvalue weighted by Crippen LogP contribution is 2.07. The molecule has 1 aliphatic rings. The Kier molecular flexibility index (Phi) is 0.976. The highest BCUT2D eigenvalue weighted by Gasteiger charge is 2.19. The second-order valence-corrected chi connectivity index (χ2v) is 1.47. The first-order valence-corrected chi connectivity index (χ1v) is 2.11. The van der Waals surface area contributed by atoms with Gasteiger partial charge < -0.3 is 0 Å². The molecule has 0 aliphatic carbocycles. The molecule has 0 N–H and O–H groups in total. The van der Waals surface area contributed by atoms with Gasteiger partial charge in [-0.3, -0.25) is 4.84 Å². The van der Waals surface area contributed by atoms with E-state index in [-0.39, 0.29) is 0 Å². The van der Waals surface area contributed by atoms with Crippen molar-refractivity contribution in [2.75, 3.05) is 0 Å². The van der Waals surface area contributed by atoms with Crippen molar-refractivity contribution in [2.45, 2.75) is 5.37 Å². The quantitative estimate of drug-likeness (QED) is 0.461. The van der Waals surface area contributed by atoms with E-state index in [2.05, 4.69) is 27.9 Å². The molecule has 0 saturated carbocycles. The van der Waals surface area contributed by atoms with Crippen molar-refractivity contribution >= 4 is 18.6 Å². The summed E-state index contributed by atoms with van der Waals surface area (Å²) in [4.78, 5) is 14.1. The Morgan fingerprint density at radius 2 is 2.57 bits per heavy atom. The SMILES string of the molecule is O=C1ON=NC1S. The fraction of sp³-hybridized carbons (Fsp3) is 0.500. The number of hydrogen-bond acceptors (Lipinski definition) is 5. The molecule has 0 radical (unpaired) electrons. The maximum Gasteiger partial charge on any atom is 0.373 e. The van der Waals surface area contributed by atoms with Crippen molar-refractivity contribution in [1.82, 2.24) is 0 Å². The maximum absolute atomic E-state index is 10.1. The molecule has 1 atom stereocenters. The third kappa shape index (κ3) is 0.714. The van der Waals surface area contributed by atoms with Crippen molar-refractivity contribution in [3.63, 3.8) is 0 Å². The molecule has 7 heavy (non-hydrogen) atoms. The van der Waals surface area contributed by atoms with Crippen LogP contribution in [0.25, 0.3) is 0 Å². The molecule has 1 unspecified atom stereocenters. The first kappa shape index (κ1) is 4.58. The summed E-state index contributed by atoms with van der Waals surface area (Å²) in [6, 6.07) is 0. The van der Waals surface area contributed by atoms with Crippen LogP contribution in [-0.2, 0) is 9.63 Å². The van der Waals surface area contributed by atoms with Crippen LogP contribution in [0.4, 0.5) is 0 Å². The minimum absolute atomic E-state index is 0.511. The van der Waals surface area contributed by atoms with Gasteiger partial charge in [-0.2, -0.15) is 0 Å². The normalized spacial score (nSPS) is 28.1. The monoisotopic (exact) mass is 118 g/mol. The molecule has 0 bridgehead atoms. The van der Waals surface area contributed by atoms with E-state index in [9.17, 15) is 4.79 Å². The molecule has 1 aliphatic heterocycles. The predicted octanol–water partition coefficient (Wildman–Crippen LogP) is 0.166. The Morgan fingerprint density at radius 1 is 1.86 bits per heavy atom. The van der Waals surface area contributed by atoms with Gasteiger partial charge in [0.25, 0.3) is 0 Å². The van der Waals surface area contributed by atoms with Crippen LogP contribution in [0.2, 0.25) is 0 Å². The summed E-state index contributed by atoms with van der Waals surface area (Å²) in [5.41, 5.74) is 0.